The standard InChI is InChI=1S/C19H14BrN5O/c20-17-8-4-3-7-16(17)19-22-24-25(23-19)12-18(26)21-15-10-9-13-5-1-2-6-14(13)11-15/h1-11H,12H2,(H,21,26). The summed E-state index contributed by atoms with van der Waals surface area (Å²) in [4.78, 5) is 13.6. The van der Waals surface area contributed by atoms with Crippen LogP contribution in [-0.4, -0.2) is 26.1 Å². The first-order chi connectivity index (χ1) is 12.7. The molecular weight excluding hydrogens is 394 g/mol. The minimum atomic E-state index is -0.212. The number of carbonyl (C=O) groups is 1. The Morgan fingerprint density at radius 1 is 1.00 bits per heavy atom. The van der Waals surface area contributed by atoms with Crippen LogP contribution >= 0.6 is 15.9 Å². The lowest BCUT2D eigenvalue weighted by Gasteiger charge is -2.06. The lowest BCUT2D eigenvalue weighted by Crippen LogP contribution is -2.20. The number of hydrogen-bond donors (Lipinski definition) is 1. The molecule has 0 bridgehead atoms. The SMILES string of the molecule is O=C(Cn1nnc(-c2ccccc2Br)n1)Nc1ccc2ccccc2c1. The molecule has 0 fully saturated rings. The highest BCUT2D eigenvalue weighted by atomic mass is 79.9. The van der Waals surface area contributed by atoms with Gasteiger partial charge in [-0.2, -0.15) is 4.80 Å². The summed E-state index contributed by atoms with van der Waals surface area (Å²) in [5.74, 6) is 0.257. The van der Waals surface area contributed by atoms with Gasteiger partial charge in [0.2, 0.25) is 11.7 Å². The van der Waals surface area contributed by atoms with E-state index in [-0.39, 0.29) is 12.5 Å². The van der Waals surface area contributed by atoms with Gasteiger partial charge in [-0.1, -0.05) is 58.4 Å². The fourth-order valence-corrected chi connectivity index (χ4v) is 3.12. The fraction of sp³-hybridized carbons (Fsp3) is 0.0526. The molecule has 1 heterocycles. The van der Waals surface area contributed by atoms with E-state index in [0.29, 0.717) is 5.82 Å². The molecule has 0 spiro atoms. The number of halogens is 1. The average Bonchev–Trinajstić information content (AvgIpc) is 3.10. The Bertz CT molecular complexity index is 1090. The van der Waals surface area contributed by atoms with E-state index in [1.54, 1.807) is 0 Å². The molecule has 0 aliphatic heterocycles. The number of fused-ring (bicyclic) bond motifs is 1. The van der Waals surface area contributed by atoms with Crippen molar-refractivity contribution in [3.05, 3.63) is 71.2 Å². The van der Waals surface area contributed by atoms with Crippen molar-refractivity contribution in [3.63, 3.8) is 0 Å². The van der Waals surface area contributed by atoms with Gasteiger partial charge >= 0.3 is 0 Å². The van der Waals surface area contributed by atoms with Crippen molar-refractivity contribution in [1.82, 2.24) is 20.2 Å². The van der Waals surface area contributed by atoms with Crippen LogP contribution in [0.3, 0.4) is 0 Å². The Hall–Kier alpha value is -3.06. The molecule has 1 amide bonds. The van der Waals surface area contributed by atoms with E-state index in [1.807, 2.05) is 66.7 Å². The summed E-state index contributed by atoms with van der Waals surface area (Å²) in [5.41, 5.74) is 1.56. The second kappa shape index (κ2) is 7.05. The fourth-order valence-electron chi connectivity index (χ4n) is 2.66. The molecule has 6 nitrogen and oxygen atoms in total. The smallest absolute Gasteiger partial charge is 0.248 e. The summed E-state index contributed by atoms with van der Waals surface area (Å²) < 4.78 is 0.875. The van der Waals surface area contributed by atoms with Crippen LogP contribution in [0.25, 0.3) is 22.2 Å². The summed E-state index contributed by atoms with van der Waals surface area (Å²) in [6.45, 7) is -0.00964. The van der Waals surface area contributed by atoms with Crippen LogP contribution in [0.4, 0.5) is 5.69 Å². The summed E-state index contributed by atoms with van der Waals surface area (Å²) >= 11 is 3.46. The van der Waals surface area contributed by atoms with Crippen LogP contribution in [-0.2, 0) is 11.3 Å². The first-order valence-corrected chi connectivity index (χ1v) is 8.80. The first kappa shape index (κ1) is 16.4. The molecule has 0 unspecified atom stereocenters. The minimum Gasteiger partial charge on any atom is -0.324 e. The highest BCUT2D eigenvalue weighted by Crippen LogP contribution is 2.24. The lowest BCUT2D eigenvalue weighted by atomic mass is 10.1. The third kappa shape index (κ3) is 3.48. The van der Waals surface area contributed by atoms with Gasteiger partial charge in [0.05, 0.1) is 0 Å². The van der Waals surface area contributed by atoms with Crippen LogP contribution in [0.1, 0.15) is 0 Å². The third-order valence-corrected chi connectivity index (χ3v) is 4.58. The Morgan fingerprint density at radius 2 is 1.77 bits per heavy atom. The number of tetrazole rings is 1. The number of carbonyl (C=O) groups excluding carboxylic acids is 1. The molecule has 3 aromatic carbocycles. The number of anilines is 1. The van der Waals surface area contributed by atoms with Crippen LogP contribution < -0.4 is 5.32 Å². The Kier molecular flexibility index (Phi) is 4.45. The van der Waals surface area contributed by atoms with E-state index < -0.39 is 0 Å². The molecule has 1 N–H and O–H groups in total. The predicted molar refractivity (Wildman–Crippen MR) is 104 cm³/mol. The Labute approximate surface area is 158 Å². The molecule has 4 aromatic rings. The third-order valence-electron chi connectivity index (χ3n) is 3.89. The lowest BCUT2D eigenvalue weighted by molar-refractivity contribution is -0.117. The van der Waals surface area contributed by atoms with Crippen molar-refractivity contribution >= 4 is 38.3 Å². The molecule has 1 aromatic heterocycles. The number of nitrogens with zero attached hydrogens (tertiary/aromatic N) is 4. The van der Waals surface area contributed by atoms with Gasteiger partial charge in [-0.15, -0.1) is 10.2 Å². The molecule has 128 valence electrons. The van der Waals surface area contributed by atoms with Gasteiger partial charge in [-0.05, 0) is 40.3 Å². The zero-order valence-corrected chi connectivity index (χ0v) is 15.2. The normalized spacial score (nSPS) is 10.8. The zero-order valence-electron chi connectivity index (χ0n) is 13.6. The monoisotopic (exact) mass is 407 g/mol. The van der Waals surface area contributed by atoms with Crippen molar-refractivity contribution in [2.75, 3.05) is 5.32 Å². The maximum atomic E-state index is 12.3. The van der Waals surface area contributed by atoms with E-state index in [0.717, 1.165) is 26.5 Å². The molecule has 0 saturated heterocycles. The predicted octanol–water partition coefficient (Wildman–Crippen LogP) is 3.89. The van der Waals surface area contributed by atoms with E-state index in [9.17, 15) is 4.79 Å². The van der Waals surface area contributed by atoms with Crippen molar-refractivity contribution in [2.24, 2.45) is 0 Å². The Balaban J connectivity index is 1.47. The van der Waals surface area contributed by atoms with Gasteiger partial charge < -0.3 is 5.32 Å². The van der Waals surface area contributed by atoms with Crippen molar-refractivity contribution in [1.29, 1.82) is 0 Å². The maximum absolute atomic E-state index is 12.3. The summed E-state index contributed by atoms with van der Waals surface area (Å²) in [7, 11) is 0. The largest absolute Gasteiger partial charge is 0.324 e. The zero-order chi connectivity index (χ0) is 17.9. The van der Waals surface area contributed by atoms with Gasteiger partial charge in [0.25, 0.3) is 0 Å². The van der Waals surface area contributed by atoms with Gasteiger partial charge in [-0.3, -0.25) is 4.79 Å². The van der Waals surface area contributed by atoms with Crippen LogP contribution in [0.15, 0.2) is 71.2 Å². The number of benzene rings is 3. The van der Waals surface area contributed by atoms with E-state index in [1.165, 1.54) is 4.80 Å². The molecule has 0 radical (unpaired) electrons. The van der Waals surface area contributed by atoms with E-state index in [4.69, 9.17) is 0 Å². The number of aromatic nitrogens is 4. The number of hydrogen-bond acceptors (Lipinski definition) is 4. The van der Waals surface area contributed by atoms with E-state index in [2.05, 4.69) is 36.7 Å². The number of nitrogens with one attached hydrogen (secondary N) is 1. The van der Waals surface area contributed by atoms with Crippen molar-refractivity contribution in [2.45, 2.75) is 6.54 Å². The minimum absolute atomic E-state index is 0.00964. The molecule has 0 aliphatic carbocycles. The Morgan fingerprint density at radius 3 is 2.62 bits per heavy atom. The highest BCUT2D eigenvalue weighted by molar-refractivity contribution is 9.10. The molecule has 0 atom stereocenters. The molecule has 0 saturated carbocycles. The van der Waals surface area contributed by atoms with Gasteiger partial charge in [-0.25, -0.2) is 0 Å². The number of amides is 1. The topological polar surface area (TPSA) is 72.7 Å². The van der Waals surface area contributed by atoms with E-state index >= 15 is 0 Å². The second-order valence-corrected chi connectivity index (χ2v) is 6.59. The van der Waals surface area contributed by atoms with Gasteiger partial charge in [0.1, 0.15) is 6.54 Å². The molecule has 7 heteroatoms. The molecule has 26 heavy (non-hydrogen) atoms. The maximum Gasteiger partial charge on any atom is 0.248 e. The van der Waals surface area contributed by atoms with Gasteiger partial charge in [0.15, 0.2) is 0 Å². The average molecular weight is 408 g/mol. The van der Waals surface area contributed by atoms with Crippen LogP contribution in [0.2, 0.25) is 0 Å². The first-order valence-electron chi connectivity index (χ1n) is 8.00. The summed E-state index contributed by atoms with van der Waals surface area (Å²) in [6, 6.07) is 21.4. The molecular formula is C19H14BrN5O. The van der Waals surface area contributed by atoms with Gasteiger partial charge in [0, 0.05) is 15.7 Å². The second-order valence-electron chi connectivity index (χ2n) is 5.73. The quantitative estimate of drug-likeness (QED) is 0.556. The molecule has 4 rings (SSSR count). The highest BCUT2D eigenvalue weighted by Gasteiger charge is 2.11. The number of rotatable bonds is 4. The van der Waals surface area contributed by atoms with Crippen LogP contribution in [0, 0.1) is 0 Å². The van der Waals surface area contributed by atoms with Crippen molar-refractivity contribution in [3.8, 4) is 11.4 Å². The van der Waals surface area contributed by atoms with Crippen LogP contribution in [0.5, 0.6) is 0 Å². The molecule has 0 aliphatic rings. The summed E-state index contributed by atoms with van der Waals surface area (Å²) in [5, 5.41) is 17.3. The van der Waals surface area contributed by atoms with Crippen molar-refractivity contribution < 1.29 is 4.79 Å². The summed E-state index contributed by atoms with van der Waals surface area (Å²) in [6.07, 6.45) is 0.